The maximum atomic E-state index is 14.1. The molecule has 5 aromatic rings. The number of fused-ring (bicyclic) bond motifs is 3. The number of nitrogens with one attached hydrogen (secondary N) is 1. The third kappa shape index (κ3) is 3.36. The molecule has 176 valence electrons. The van der Waals surface area contributed by atoms with Crippen molar-refractivity contribution >= 4 is 28.8 Å². The highest BCUT2D eigenvalue weighted by Crippen LogP contribution is 2.49. The van der Waals surface area contributed by atoms with Crippen molar-refractivity contribution in [3.05, 3.63) is 77.1 Å². The van der Waals surface area contributed by atoms with Gasteiger partial charge in [-0.15, -0.1) is 9.90 Å². The number of amides is 1. The fourth-order valence-electron chi connectivity index (χ4n) is 4.71. The molecule has 5 aromatic heterocycles. The molecule has 6 rings (SSSR count). The normalized spacial score (nSPS) is 19.3. The van der Waals surface area contributed by atoms with E-state index >= 15 is 0 Å². The summed E-state index contributed by atoms with van der Waals surface area (Å²) in [6.07, 6.45) is 8.35. The van der Waals surface area contributed by atoms with Gasteiger partial charge in [-0.1, -0.05) is 11.6 Å². The standard InChI is InChI=1S/C22H18ClFN10O/c1-22(16-3-6-32(2)30-16)9-13(14-11-25-18-8-17(24)31-33(18)19(14)22)21(35)29-12-7-15(23)20(26-10-12)34-27-4-5-28-34/h3-8,10-11,13H,9H2,1-2H3,(H,29,35)/t13-,22+/m0/s1. The lowest BCUT2D eigenvalue weighted by atomic mass is 9.82. The van der Waals surface area contributed by atoms with E-state index in [4.69, 9.17) is 11.6 Å². The Morgan fingerprint density at radius 3 is 2.71 bits per heavy atom. The summed E-state index contributed by atoms with van der Waals surface area (Å²) in [6, 6.07) is 4.74. The zero-order valence-electron chi connectivity index (χ0n) is 18.6. The molecule has 0 aliphatic heterocycles. The molecule has 5 heterocycles. The number of carbonyl (C=O) groups is 1. The molecule has 1 aliphatic carbocycles. The van der Waals surface area contributed by atoms with Crippen LogP contribution in [0.4, 0.5) is 10.1 Å². The van der Waals surface area contributed by atoms with Crippen LogP contribution in [-0.4, -0.2) is 50.3 Å². The molecule has 0 radical (unpaired) electrons. The first kappa shape index (κ1) is 21.4. The van der Waals surface area contributed by atoms with Gasteiger partial charge in [0.05, 0.1) is 52.0 Å². The van der Waals surface area contributed by atoms with Crippen molar-refractivity contribution in [2.45, 2.75) is 24.7 Å². The third-order valence-electron chi connectivity index (χ3n) is 6.29. The second kappa shape index (κ2) is 7.67. The fourth-order valence-corrected chi connectivity index (χ4v) is 4.95. The number of hydrogen-bond acceptors (Lipinski definition) is 7. The molecule has 0 unspecified atom stereocenters. The predicted molar refractivity (Wildman–Crippen MR) is 123 cm³/mol. The van der Waals surface area contributed by atoms with Crippen molar-refractivity contribution in [1.29, 1.82) is 0 Å². The molecule has 1 amide bonds. The number of rotatable bonds is 4. The minimum absolute atomic E-state index is 0.275. The number of hydrogen-bond donors (Lipinski definition) is 1. The van der Waals surface area contributed by atoms with Crippen LogP contribution in [0.3, 0.4) is 0 Å². The van der Waals surface area contributed by atoms with E-state index in [0.717, 1.165) is 5.69 Å². The van der Waals surface area contributed by atoms with Crippen LogP contribution in [0.1, 0.15) is 36.2 Å². The number of nitrogens with zero attached hydrogens (tertiary/aromatic N) is 9. The van der Waals surface area contributed by atoms with E-state index in [2.05, 4.69) is 35.7 Å². The molecule has 0 saturated carbocycles. The summed E-state index contributed by atoms with van der Waals surface area (Å²) in [5.74, 6) is -1.17. The summed E-state index contributed by atoms with van der Waals surface area (Å²) in [5, 5.41) is 19.8. The third-order valence-corrected chi connectivity index (χ3v) is 6.56. The highest BCUT2D eigenvalue weighted by Gasteiger charge is 2.48. The Morgan fingerprint density at radius 2 is 2.00 bits per heavy atom. The first-order valence-electron chi connectivity index (χ1n) is 10.7. The molecule has 2 atom stereocenters. The molecule has 0 spiro atoms. The van der Waals surface area contributed by atoms with Gasteiger partial charge < -0.3 is 5.32 Å². The topological polar surface area (TPSA) is 121 Å². The second-order valence-electron chi connectivity index (χ2n) is 8.60. The highest BCUT2D eigenvalue weighted by atomic mass is 35.5. The summed E-state index contributed by atoms with van der Waals surface area (Å²) in [5.41, 5.74) is 2.17. The number of carbonyl (C=O) groups excluding carboxylic acids is 1. The van der Waals surface area contributed by atoms with Gasteiger partial charge in [0.1, 0.15) is 0 Å². The molecule has 0 fully saturated rings. The van der Waals surface area contributed by atoms with Gasteiger partial charge >= 0.3 is 0 Å². The minimum atomic E-state index is -0.705. The predicted octanol–water partition coefficient (Wildman–Crippen LogP) is 2.66. The van der Waals surface area contributed by atoms with E-state index in [1.165, 1.54) is 34.0 Å². The lowest BCUT2D eigenvalue weighted by molar-refractivity contribution is -0.117. The Morgan fingerprint density at radius 1 is 1.20 bits per heavy atom. The Hall–Kier alpha value is -4.19. The second-order valence-corrected chi connectivity index (χ2v) is 9.01. The number of halogens is 2. The Balaban J connectivity index is 1.38. The zero-order chi connectivity index (χ0) is 24.3. The van der Waals surface area contributed by atoms with E-state index in [1.807, 2.05) is 26.2 Å². The smallest absolute Gasteiger partial charge is 0.235 e. The van der Waals surface area contributed by atoms with Gasteiger partial charge in [-0.05, 0) is 25.5 Å². The largest absolute Gasteiger partial charge is 0.324 e. The van der Waals surface area contributed by atoms with E-state index in [0.29, 0.717) is 34.8 Å². The van der Waals surface area contributed by atoms with Crippen molar-refractivity contribution in [3.63, 3.8) is 0 Å². The summed E-state index contributed by atoms with van der Waals surface area (Å²) in [4.78, 5) is 23.4. The van der Waals surface area contributed by atoms with Crippen LogP contribution in [0.25, 0.3) is 11.5 Å². The van der Waals surface area contributed by atoms with Crippen LogP contribution in [0, 0.1) is 5.95 Å². The van der Waals surface area contributed by atoms with Gasteiger partial charge in [-0.3, -0.25) is 9.48 Å². The van der Waals surface area contributed by atoms with Crippen molar-refractivity contribution in [2.75, 3.05) is 5.32 Å². The zero-order valence-corrected chi connectivity index (χ0v) is 19.3. The molecule has 1 N–H and O–H groups in total. The van der Waals surface area contributed by atoms with Gasteiger partial charge in [0.25, 0.3) is 0 Å². The quantitative estimate of drug-likeness (QED) is 0.409. The number of anilines is 1. The summed E-state index contributed by atoms with van der Waals surface area (Å²) < 4.78 is 17.2. The summed E-state index contributed by atoms with van der Waals surface area (Å²) in [6.45, 7) is 1.98. The molecule has 0 aromatic carbocycles. The molecular weight excluding hydrogens is 475 g/mol. The van der Waals surface area contributed by atoms with Crippen LogP contribution in [-0.2, 0) is 17.3 Å². The number of aromatic nitrogens is 9. The molecule has 35 heavy (non-hydrogen) atoms. The molecule has 0 saturated heterocycles. The minimum Gasteiger partial charge on any atom is -0.324 e. The van der Waals surface area contributed by atoms with Crippen LogP contribution >= 0.6 is 11.6 Å². The van der Waals surface area contributed by atoms with Gasteiger partial charge in [0.2, 0.25) is 11.9 Å². The average Bonchev–Trinajstić information content (AvgIpc) is 3.60. The van der Waals surface area contributed by atoms with Crippen LogP contribution in [0.5, 0.6) is 0 Å². The Labute approximate surface area is 202 Å². The van der Waals surface area contributed by atoms with Crippen molar-refractivity contribution in [2.24, 2.45) is 7.05 Å². The Kier molecular flexibility index (Phi) is 4.68. The number of aryl methyl sites for hydroxylation is 1. The van der Waals surface area contributed by atoms with Crippen LogP contribution < -0.4 is 5.32 Å². The summed E-state index contributed by atoms with van der Waals surface area (Å²) >= 11 is 6.36. The van der Waals surface area contributed by atoms with Crippen LogP contribution in [0.2, 0.25) is 5.02 Å². The van der Waals surface area contributed by atoms with Gasteiger partial charge in [0.15, 0.2) is 11.5 Å². The average molecular weight is 493 g/mol. The Bertz CT molecular complexity index is 1590. The van der Waals surface area contributed by atoms with Crippen molar-refractivity contribution < 1.29 is 9.18 Å². The number of pyridine rings is 1. The lowest BCUT2D eigenvalue weighted by Crippen LogP contribution is -2.26. The first-order valence-corrected chi connectivity index (χ1v) is 11.1. The van der Waals surface area contributed by atoms with E-state index in [9.17, 15) is 9.18 Å². The molecule has 0 bridgehead atoms. The summed E-state index contributed by atoms with van der Waals surface area (Å²) in [7, 11) is 1.82. The maximum absolute atomic E-state index is 14.1. The SMILES string of the molecule is Cn1ccc([C@@]2(C)C[C@H](C(=O)Nc3cnc(-n4nccn4)c(Cl)c3)c3cnc4cc(F)nn4c32)n1. The van der Waals surface area contributed by atoms with Crippen molar-refractivity contribution in [3.8, 4) is 5.82 Å². The first-order chi connectivity index (χ1) is 16.8. The molecular formula is C22H18ClFN10O. The molecule has 1 aliphatic rings. The monoisotopic (exact) mass is 492 g/mol. The van der Waals surface area contributed by atoms with Gasteiger partial charge in [0, 0.05) is 31.1 Å². The fraction of sp³-hybridized carbons (Fsp3) is 0.227. The molecule has 13 heteroatoms. The lowest BCUT2D eigenvalue weighted by Gasteiger charge is -2.23. The molecule has 11 nitrogen and oxygen atoms in total. The van der Waals surface area contributed by atoms with E-state index < -0.39 is 17.3 Å². The van der Waals surface area contributed by atoms with Crippen LogP contribution in [0.15, 0.2) is 49.2 Å². The van der Waals surface area contributed by atoms with E-state index in [-0.39, 0.29) is 10.9 Å². The van der Waals surface area contributed by atoms with Gasteiger partial charge in [-0.2, -0.15) is 19.7 Å². The van der Waals surface area contributed by atoms with E-state index in [1.54, 1.807) is 16.9 Å². The van der Waals surface area contributed by atoms with Gasteiger partial charge in [-0.25, -0.2) is 14.5 Å². The highest BCUT2D eigenvalue weighted by molar-refractivity contribution is 6.32. The van der Waals surface area contributed by atoms with Crippen molar-refractivity contribution in [1.82, 2.24) is 44.4 Å². The maximum Gasteiger partial charge on any atom is 0.235 e.